The molecule has 12 nitrogen and oxygen atoms in total. The molecule has 2 heterocycles. The van der Waals surface area contributed by atoms with Crippen LogP contribution in [0.3, 0.4) is 0 Å². The molecule has 5 rings (SSSR count). The molecule has 0 radical (unpaired) electrons. The number of rotatable bonds is 8. The Morgan fingerprint density at radius 3 is 2.37 bits per heavy atom. The number of carbonyl (C=O) groups is 1. The van der Waals surface area contributed by atoms with Crippen LogP contribution in [-0.2, 0) is 19.0 Å². The van der Waals surface area contributed by atoms with Gasteiger partial charge < -0.3 is 20.4 Å². The number of imidazole rings is 1. The first-order chi connectivity index (χ1) is 20.9. The SMILES string of the molecule is Cc1nc2c(CCc3ccc(C(=N)N)cc3)c(OC(=O)NN3CCN(c4ccc(C(F)(F)F)cc4[N+](=O)[O-])CC3)ccc2[nH]1.Cl.Cl. The second kappa shape index (κ2) is 14.7. The Bertz CT molecular complexity index is 1730. The zero-order valence-corrected chi connectivity index (χ0v) is 26.0. The lowest BCUT2D eigenvalue weighted by atomic mass is 10.0. The number of ether oxygens (including phenoxy) is 1. The molecule has 17 heteroatoms. The fourth-order valence-corrected chi connectivity index (χ4v) is 5.12. The maximum Gasteiger partial charge on any atom is 0.427 e. The first-order valence-electron chi connectivity index (χ1n) is 13.6. The molecule has 246 valence electrons. The van der Waals surface area contributed by atoms with Gasteiger partial charge in [-0.15, -0.1) is 24.8 Å². The number of nitro benzene ring substituents is 1. The molecule has 3 aromatic carbocycles. The maximum atomic E-state index is 13.1. The topological polar surface area (TPSA) is 166 Å². The summed E-state index contributed by atoms with van der Waals surface area (Å²) in [6.07, 6.45) is -4.32. The summed E-state index contributed by atoms with van der Waals surface area (Å²) in [4.78, 5) is 33.0. The smallest absolute Gasteiger partial charge is 0.409 e. The third-order valence-corrected chi connectivity index (χ3v) is 7.34. The fraction of sp³-hybridized carbons (Fsp3) is 0.276. The molecule has 1 aliphatic rings. The number of nitrogens with two attached hydrogens (primary N) is 1. The van der Waals surface area contributed by atoms with Gasteiger partial charge in [-0.25, -0.2) is 14.8 Å². The first kappa shape index (κ1) is 35.9. The minimum Gasteiger partial charge on any atom is -0.409 e. The Hall–Kier alpha value is -4.60. The number of amidine groups is 1. The Morgan fingerprint density at radius 2 is 1.76 bits per heavy atom. The number of nitrogens with zero attached hydrogens (tertiary/aromatic N) is 4. The van der Waals surface area contributed by atoms with Crippen LogP contribution in [0.15, 0.2) is 54.6 Å². The van der Waals surface area contributed by atoms with E-state index < -0.39 is 28.4 Å². The molecule has 0 spiro atoms. The highest BCUT2D eigenvalue weighted by atomic mass is 35.5. The van der Waals surface area contributed by atoms with Crippen LogP contribution in [0, 0.1) is 22.4 Å². The van der Waals surface area contributed by atoms with Gasteiger partial charge >= 0.3 is 12.3 Å². The number of nitrogens with one attached hydrogen (secondary N) is 3. The number of hydrogen-bond acceptors (Lipinski definition) is 8. The second-order valence-electron chi connectivity index (χ2n) is 10.3. The summed E-state index contributed by atoms with van der Waals surface area (Å²) >= 11 is 0. The van der Waals surface area contributed by atoms with Gasteiger partial charge in [0.25, 0.3) is 5.69 Å². The molecule has 0 saturated carbocycles. The van der Waals surface area contributed by atoms with E-state index in [4.69, 9.17) is 15.9 Å². The Balaban J connectivity index is 0.00000288. The number of halogens is 5. The zero-order chi connectivity index (χ0) is 31.6. The zero-order valence-electron chi connectivity index (χ0n) is 24.4. The third kappa shape index (κ3) is 8.16. The van der Waals surface area contributed by atoms with Gasteiger partial charge in [0.1, 0.15) is 23.1 Å². The molecular weight excluding hydrogens is 652 g/mol. The van der Waals surface area contributed by atoms with Crippen LogP contribution in [0.4, 0.5) is 29.3 Å². The molecule has 1 aromatic heterocycles. The lowest BCUT2D eigenvalue weighted by molar-refractivity contribution is -0.384. The lowest BCUT2D eigenvalue weighted by Crippen LogP contribution is -2.54. The highest BCUT2D eigenvalue weighted by Crippen LogP contribution is 2.37. The second-order valence-corrected chi connectivity index (χ2v) is 10.3. The summed E-state index contributed by atoms with van der Waals surface area (Å²) in [6.45, 7) is 2.76. The van der Waals surface area contributed by atoms with E-state index in [1.807, 2.05) is 19.1 Å². The number of hydrazine groups is 1. The molecule has 1 amide bonds. The van der Waals surface area contributed by atoms with Crippen molar-refractivity contribution in [1.29, 1.82) is 5.41 Å². The normalized spacial score (nSPS) is 13.4. The molecule has 0 bridgehead atoms. The van der Waals surface area contributed by atoms with Crippen LogP contribution in [0.1, 0.15) is 28.1 Å². The molecule has 46 heavy (non-hydrogen) atoms. The van der Waals surface area contributed by atoms with E-state index in [2.05, 4.69) is 15.4 Å². The van der Waals surface area contributed by atoms with Crippen molar-refractivity contribution in [2.45, 2.75) is 25.9 Å². The number of aromatic nitrogens is 2. The summed E-state index contributed by atoms with van der Waals surface area (Å²) in [5, 5.41) is 20.7. The van der Waals surface area contributed by atoms with Crippen molar-refractivity contribution < 1.29 is 27.6 Å². The number of aryl methyl sites for hydroxylation is 3. The molecule has 1 aliphatic heterocycles. The number of benzene rings is 3. The minimum atomic E-state index is -4.70. The van der Waals surface area contributed by atoms with Crippen LogP contribution >= 0.6 is 24.8 Å². The number of hydrogen-bond donors (Lipinski definition) is 4. The van der Waals surface area contributed by atoms with Crippen molar-refractivity contribution in [2.75, 3.05) is 31.1 Å². The number of piperazine rings is 1. The Morgan fingerprint density at radius 1 is 1.09 bits per heavy atom. The maximum absolute atomic E-state index is 13.1. The number of nitrogen functional groups attached to an aromatic ring is 1. The largest absolute Gasteiger partial charge is 0.427 e. The third-order valence-electron chi connectivity index (χ3n) is 7.34. The average Bonchev–Trinajstić information content (AvgIpc) is 3.36. The van der Waals surface area contributed by atoms with E-state index in [-0.39, 0.29) is 62.5 Å². The number of anilines is 1. The Labute approximate surface area is 273 Å². The highest BCUT2D eigenvalue weighted by Gasteiger charge is 2.34. The quantitative estimate of drug-likeness (QED) is 0.0814. The number of aromatic amines is 1. The summed E-state index contributed by atoms with van der Waals surface area (Å²) in [7, 11) is 0. The number of H-pyrrole nitrogens is 1. The molecule has 0 unspecified atom stereocenters. The lowest BCUT2D eigenvalue weighted by Gasteiger charge is -2.35. The molecule has 0 aliphatic carbocycles. The summed E-state index contributed by atoms with van der Waals surface area (Å²) < 4.78 is 45.0. The van der Waals surface area contributed by atoms with Gasteiger partial charge in [-0.1, -0.05) is 24.3 Å². The summed E-state index contributed by atoms with van der Waals surface area (Å²) in [5.41, 5.74) is 10.4. The molecule has 4 aromatic rings. The molecule has 5 N–H and O–H groups in total. The van der Waals surface area contributed by atoms with Crippen molar-refractivity contribution in [3.05, 3.63) is 92.8 Å². The van der Waals surface area contributed by atoms with Crippen molar-refractivity contribution in [1.82, 2.24) is 20.4 Å². The number of fused-ring (bicyclic) bond motifs is 1. The minimum absolute atomic E-state index is 0. The van der Waals surface area contributed by atoms with Gasteiger partial charge in [-0.2, -0.15) is 13.2 Å². The molecule has 1 fully saturated rings. The summed E-state index contributed by atoms with van der Waals surface area (Å²) in [5.74, 6) is 1.03. The van der Waals surface area contributed by atoms with Gasteiger partial charge in [0.15, 0.2) is 0 Å². The number of carbonyl (C=O) groups excluding carboxylic acids is 1. The van der Waals surface area contributed by atoms with Gasteiger partial charge in [0.05, 0.1) is 21.5 Å². The van der Waals surface area contributed by atoms with E-state index in [0.717, 1.165) is 28.8 Å². The van der Waals surface area contributed by atoms with Crippen molar-refractivity contribution in [2.24, 2.45) is 5.73 Å². The van der Waals surface area contributed by atoms with Crippen LogP contribution < -0.4 is 20.8 Å². The van der Waals surface area contributed by atoms with E-state index in [0.29, 0.717) is 41.6 Å². The number of alkyl halides is 3. The standard InChI is InChI=1S/C29H29F3N8O4.2ClH/c1-17-35-22-9-11-25(21(26(22)36-17)8-4-18-2-5-19(6-3-18)27(33)34)44-28(41)37-39-14-12-38(13-15-39)23-10-7-20(29(30,31)32)16-24(23)40(42)43;;/h2-3,5-7,9-11,16H,4,8,12-15H2,1H3,(H3,33,34)(H,35,36)(H,37,41);2*1H. The van der Waals surface area contributed by atoms with Gasteiger partial charge in [0.2, 0.25) is 0 Å². The van der Waals surface area contributed by atoms with Crippen LogP contribution in [0.25, 0.3) is 11.0 Å². The van der Waals surface area contributed by atoms with Crippen LogP contribution in [-0.4, -0.2) is 58.0 Å². The van der Waals surface area contributed by atoms with Crippen molar-refractivity contribution in [3.8, 4) is 5.75 Å². The van der Waals surface area contributed by atoms with Crippen molar-refractivity contribution >= 4 is 59.2 Å². The predicted octanol–water partition coefficient (Wildman–Crippen LogP) is 5.54. The molecule has 0 atom stereocenters. The van der Waals surface area contributed by atoms with Crippen molar-refractivity contribution in [3.63, 3.8) is 0 Å². The van der Waals surface area contributed by atoms with E-state index in [9.17, 15) is 28.1 Å². The molecule has 1 saturated heterocycles. The monoisotopic (exact) mass is 682 g/mol. The predicted molar refractivity (Wildman–Crippen MR) is 171 cm³/mol. The highest BCUT2D eigenvalue weighted by molar-refractivity contribution is 5.94. The van der Waals surface area contributed by atoms with E-state index in [1.165, 1.54) is 0 Å². The van der Waals surface area contributed by atoms with Crippen LogP contribution in [0.5, 0.6) is 5.75 Å². The molecular formula is C29H31Cl2F3N8O4. The van der Waals surface area contributed by atoms with Crippen LogP contribution in [0.2, 0.25) is 0 Å². The first-order valence-corrected chi connectivity index (χ1v) is 13.6. The van der Waals surface area contributed by atoms with Gasteiger partial charge in [-0.3, -0.25) is 20.9 Å². The number of amides is 1. The van der Waals surface area contributed by atoms with E-state index in [1.54, 1.807) is 34.2 Å². The van der Waals surface area contributed by atoms with E-state index >= 15 is 0 Å². The van der Waals surface area contributed by atoms with Gasteiger partial charge in [-0.05, 0) is 49.6 Å². The summed E-state index contributed by atoms with van der Waals surface area (Å²) in [6, 6.07) is 13.2. The average molecular weight is 684 g/mol. The Kier molecular flexibility index (Phi) is 11.4. The fourth-order valence-electron chi connectivity index (χ4n) is 5.12. The van der Waals surface area contributed by atoms with Gasteiger partial charge in [0, 0.05) is 43.4 Å². The number of nitro groups is 1.